The van der Waals surface area contributed by atoms with Crippen molar-refractivity contribution in [2.45, 2.75) is 39.2 Å². The second-order valence-corrected chi connectivity index (χ2v) is 10.7. The number of rotatable bonds is 9. The van der Waals surface area contributed by atoms with Crippen LogP contribution in [-0.2, 0) is 19.3 Å². The fourth-order valence-electron chi connectivity index (χ4n) is 5.30. The number of H-pyrrole nitrogens is 1. The first kappa shape index (κ1) is 29.4. The number of pyridine rings is 1. The van der Waals surface area contributed by atoms with Gasteiger partial charge in [0.25, 0.3) is 5.91 Å². The molecule has 1 saturated heterocycles. The summed E-state index contributed by atoms with van der Waals surface area (Å²) in [5.41, 5.74) is 2.09. The molecule has 8 nitrogen and oxygen atoms in total. The number of aromatic amines is 1. The standard InChI is InChI=1S/C31H35F3N6O2/c1-20(2)40-13-11-39(12-14-40)19-22-8-7-21(15-27(22)31(32,33)34)30(41)38-25-6-4-5-24(16-25)36-17-23-18-37-29-26(9-10-35-29)28(23)42-3/h4-10,15-16,18,20,36H,11-14,17,19H2,1-3H3,(H,35,37)(H,38,41). The maximum Gasteiger partial charge on any atom is 0.416 e. The van der Waals surface area contributed by atoms with Gasteiger partial charge in [-0.25, -0.2) is 4.98 Å². The highest BCUT2D eigenvalue weighted by atomic mass is 19.4. The van der Waals surface area contributed by atoms with E-state index in [1.54, 1.807) is 37.7 Å². The summed E-state index contributed by atoms with van der Waals surface area (Å²) in [7, 11) is 1.60. The van der Waals surface area contributed by atoms with Gasteiger partial charge in [0.1, 0.15) is 11.4 Å². The number of benzene rings is 2. The molecule has 1 fully saturated rings. The van der Waals surface area contributed by atoms with Gasteiger partial charge in [-0.05, 0) is 55.8 Å². The highest BCUT2D eigenvalue weighted by molar-refractivity contribution is 6.04. The molecule has 1 aliphatic rings. The van der Waals surface area contributed by atoms with Crippen molar-refractivity contribution in [3.8, 4) is 5.75 Å². The molecule has 1 aliphatic heterocycles. The van der Waals surface area contributed by atoms with Crippen LogP contribution in [0, 0.1) is 0 Å². The van der Waals surface area contributed by atoms with Crippen molar-refractivity contribution in [2.75, 3.05) is 43.9 Å². The Labute approximate surface area is 242 Å². The Kier molecular flexibility index (Phi) is 8.69. The van der Waals surface area contributed by atoms with Crippen LogP contribution in [0.1, 0.15) is 40.9 Å². The Hall–Kier alpha value is -4.09. The number of amides is 1. The third kappa shape index (κ3) is 6.69. The average molecular weight is 581 g/mol. The zero-order chi connectivity index (χ0) is 29.9. The molecule has 0 unspecified atom stereocenters. The van der Waals surface area contributed by atoms with E-state index in [2.05, 4.69) is 39.3 Å². The van der Waals surface area contributed by atoms with Gasteiger partial charge in [0.2, 0.25) is 0 Å². The van der Waals surface area contributed by atoms with E-state index in [1.807, 2.05) is 17.0 Å². The highest BCUT2D eigenvalue weighted by Gasteiger charge is 2.35. The van der Waals surface area contributed by atoms with E-state index in [1.165, 1.54) is 12.1 Å². The normalized spacial score (nSPS) is 14.8. The monoisotopic (exact) mass is 580 g/mol. The quantitative estimate of drug-likeness (QED) is 0.226. The van der Waals surface area contributed by atoms with Crippen LogP contribution in [-0.4, -0.2) is 65.0 Å². The third-order valence-electron chi connectivity index (χ3n) is 7.63. The Morgan fingerprint density at radius 1 is 1.05 bits per heavy atom. The summed E-state index contributed by atoms with van der Waals surface area (Å²) in [6.45, 7) is 7.88. The smallest absolute Gasteiger partial charge is 0.416 e. The molecular weight excluding hydrogens is 545 g/mol. The van der Waals surface area contributed by atoms with Crippen molar-refractivity contribution in [3.63, 3.8) is 0 Å². The van der Waals surface area contributed by atoms with E-state index in [9.17, 15) is 18.0 Å². The zero-order valence-corrected chi connectivity index (χ0v) is 23.9. The molecule has 222 valence electrons. The van der Waals surface area contributed by atoms with E-state index in [0.717, 1.165) is 35.8 Å². The molecule has 4 aromatic rings. The molecule has 0 atom stereocenters. The number of carbonyl (C=O) groups is 1. The first-order chi connectivity index (χ1) is 20.1. The molecule has 2 aromatic carbocycles. The second kappa shape index (κ2) is 12.4. The van der Waals surface area contributed by atoms with Crippen LogP contribution in [0.3, 0.4) is 0 Å². The van der Waals surface area contributed by atoms with E-state index in [0.29, 0.717) is 42.8 Å². The molecule has 11 heteroatoms. The maximum atomic E-state index is 14.1. The number of aromatic nitrogens is 2. The number of nitrogens with zero attached hydrogens (tertiary/aromatic N) is 3. The van der Waals surface area contributed by atoms with E-state index < -0.39 is 17.6 Å². The molecule has 3 N–H and O–H groups in total. The number of nitrogens with one attached hydrogen (secondary N) is 3. The minimum absolute atomic E-state index is 0.0512. The summed E-state index contributed by atoms with van der Waals surface area (Å²) in [5.74, 6) is 0.0958. The number of ether oxygens (including phenoxy) is 1. The fourth-order valence-corrected chi connectivity index (χ4v) is 5.30. The first-order valence-electron chi connectivity index (χ1n) is 13.9. The molecule has 0 aliphatic carbocycles. The van der Waals surface area contributed by atoms with Crippen LogP contribution >= 0.6 is 0 Å². The van der Waals surface area contributed by atoms with Crippen LogP contribution in [0.2, 0.25) is 0 Å². The van der Waals surface area contributed by atoms with Crippen LogP contribution < -0.4 is 15.4 Å². The van der Waals surface area contributed by atoms with E-state index in [-0.39, 0.29) is 17.7 Å². The fraction of sp³-hybridized carbons (Fsp3) is 0.355. The molecule has 42 heavy (non-hydrogen) atoms. The minimum Gasteiger partial charge on any atom is -0.496 e. The van der Waals surface area contributed by atoms with Crippen molar-refractivity contribution in [2.24, 2.45) is 0 Å². The van der Waals surface area contributed by atoms with Crippen molar-refractivity contribution in [1.82, 2.24) is 19.8 Å². The molecule has 2 aromatic heterocycles. The predicted octanol–water partition coefficient (Wildman–Crippen LogP) is 5.98. The number of piperazine rings is 1. The van der Waals surface area contributed by atoms with Gasteiger partial charge in [-0.3, -0.25) is 14.6 Å². The lowest BCUT2D eigenvalue weighted by atomic mass is 10.0. The van der Waals surface area contributed by atoms with Crippen LogP contribution in [0.4, 0.5) is 24.5 Å². The molecule has 0 radical (unpaired) electrons. The first-order valence-corrected chi connectivity index (χ1v) is 13.9. The zero-order valence-electron chi connectivity index (χ0n) is 23.9. The Balaban J connectivity index is 1.26. The van der Waals surface area contributed by atoms with Gasteiger partial charge < -0.3 is 20.4 Å². The Morgan fingerprint density at radius 2 is 1.81 bits per heavy atom. The van der Waals surface area contributed by atoms with E-state index in [4.69, 9.17) is 4.74 Å². The summed E-state index contributed by atoms with van der Waals surface area (Å²) < 4.78 is 47.8. The number of carbonyl (C=O) groups excluding carboxylic acids is 1. The van der Waals surface area contributed by atoms with Gasteiger partial charge in [0.05, 0.1) is 18.1 Å². The number of methoxy groups -OCH3 is 1. The van der Waals surface area contributed by atoms with Crippen LogP contribution in [0.15, 0.2) is 60.9 Å². The molecule has 1 amide bonds. The molecule has 5 rings (SSSR count). The van der Waals surface area contributed by atoms with Gasteiger partial charge >= 0.3 is 6.18 Å². The topological polar surface area (TPSA) is 85.5 Å². The van der Waals surface area contributed by atoms with Crippen molar-refractivity contribution >= 4 is 28.3 Å². The SMILES string of the molecule is COc1c(CNc2cccc(NC(=O)c3ccc(CN4CCN(C(C)C)CC4)c(C(F)(F)F)c3)c2)cnc2[nH]ccc12. The highest BCUT2D eigenvalue weighted by Crippen LogP contribution is 2.34. The molecule has 0 bridgehead atoms. The van der Waals surface area contributed by atoms with Crippen LogP contribution in [0.25, 0.3) is 11.0 Å². The van der Waals surface area contributed by atoms with Gasteiger partial charge in [0.15, 0.2) is 0 Å². The predicted molar refractivity (Wildman–Crippen MR) is 158 cm³/mol. The maximum absolute atomic E-state index is 14.1. The van der Waals surface area contributed by atoms with Crippen molar-refractivity contribution < 1.29 is 22.7 Å². The summed E-state index contributed by atoms with van der Waals surface area (Å²) in [6, 6.07) is 13.1. The summed E-state index contributed by atoms with van der Waals surface area (Å²) >= 11 is 0. The molecule has 3 heterocycles. The van der Waals surface area contributed by atoms with Crippen molar-refractivity contribution in [3.05, 3.63) is 83.2 Å². The average Bonchev–Trinajstić information content (AvgIpc) is 3.45. The summed E-state index contributed by atoms with van der Waals surface area (Å²) in [4.78, 5) is 24.8. The third-order valence-corrected chi connectivity index (χ3v) is 7.63. The number of halogens is 3. The number of hydrogen-bond acceptors (Lipinski definition) is 6. The molecular formula is C31H35F3N6O2. The van der Waals surface area contributed by atoms with Gasteiger partial charge in [-0.2, -0.15) is 13.2 Å². The van der Waals surface area contributed by atoms with Gasteiger partial charge in [-0.1, -0.05) is 12.1 Å². The second-order valence-electron chi connectivity index (χ2n) is 10.7. The van der Waals surface area contributed by atoms with Gasteiger partial charge in [-0.15, -0.1) is 0 Å². The van der Waals surface area contributed by atoms with E-state index >= 15 is 0 Å². The lowest BCUT2D eigenvalue weighted by Crippen LogP contribution is -2.48. The van der Waals surface area contributed by atoms with Gasteiger partial charge in [0, 0.05) is 80.2 Å². The lowest BCUT2D eigenvalue weighted by Gasteiger charge is -2.37. The number of hydrogen-bond donors (Lipinski definition) is 3. The molecule has 0 spiro atoms. The number of fused-ring (bicyclic) bond motifs is 1. The van der Waals surface area contributed by atoms with Crippen LogP contribution in [0.5, 0.6) is 5.75 Å². The number of alkyl halides is 3. The Bertz CT molecular complexity index is 1540. The molecule has 0 saturated carbocycles. The lowest BCUT2D eigenvalue weighted by molar-refractivity contribution is -0.138. The summed E-state index contributed by atoms with van der Waals surface area (Å²) in [6.07, 6.45) is -1.05. The van der Waals surface area contributed by atoms with Crippen molar-refractivity contribution in [1.29, 1.82) is 0 Å². The Morgan fingerprint density at radius 3 is 2.52 bits per heavy atom. The summed E-state index contributed by atoms with van der Waals surface area (Å²) in [5, 5.41) is 6.89. The minimum atomic E-state index is -4.57. The number of anilines is 2. The largest absolute Gasteiger partial charge is 0.496 e.